The zero-order chi connectivity index (χ0) is 22.0. The number of carbonyl (C=O) groups is 2. The molecular formula is C21H29N3O5S2. The van der Waals surface area contributed by atoms with Crippen LogP contribution in [0.1, 0.15) is 32.1 Å². The molecule has 0 N–H and O–H groups in total. The first-order valence-corrected chi connectivity index (χ1v) is 13.2. The minimum atomic E-state index is -3.69. The first-order chi connectivity index (χ1) is 14.9. The number of hydrogen-bond acceptors (Lipinski definition) is 6. The van der Waals surface area contributed by atoms with E-state index in [1.54, 1.807) is 17.0 Å². The molecule has 0 atom stereocenters. The number of sulfonamides is 1. The van der Waals surface area contributed by atoms with Crippen LogP contribution < -0.4 is 4.90 Å². The average Bonchev–Trinajstić information content (AvgIpc) is 2.81. The van der Waals surface area contributed by atoms with Crippen LogP contribution in [0.4, 0.5) is 5.69 Å². The quantitative estimate of drug-likeness (QED) is 0.658. The molecule has 8 nitrogen and oxygen atoms in total. The molecule has 0 aromatic heterocycles. The van der Waals surface area contributed by atoms with Crippen molar-refractivity contribution in [1.82, 2.24) is 9.21 Å². The van der Waals surface area contributed by atoms with Gasteiger partial charge >= 0.3 is 0 Å². The molecule has 1 aromatic carbocycles. The van der Waals surface area contributed by atoms with Gasteiger partial charge in [-0.2, -0.15) is 4.31 Å². The van der Waals surface area contributed by atoms with E-state index in [1.807, 2.05) is 7.05 Å². The fourth-order valence-electron chi connectivity index (χ4n) is 4.37. The van der Waals surface area contributed by atoms with Crippen LogP contribution in [-0.4, -0.2) is 81.1 Å². The van der Waals surface area contributed by atoms with Crippen molar-refractivity contribution in [3.05, 3.63) is 18.2 Å². The normalized spacial score (nSPS) is 21.1. The molecule has 4 rings (SSSR count). The first-order valence-electron chi connectivity index (χ1n) is 10.8. The number of rotatable bonds is 5. The van der Waals surface area contributed by atoms with E-state index in [4.69, 9.17) is 4.74 Å². The molecule has 3 aliphatic rings. The predicted octanol–water partition coefficient (Wildman–Crippen LogP) is 1.94. The lowest BCUT2D eigenvalue weighted by atomic mass is 9.94. The maximum Gasteiger partial charge on any atom is 0.243 e. The lowest BCUT2D eigenvalue weighted by Gasteiger charge is -2.34. The number of fused-ring (bicyclic) bond motifs is 1. The van der Waals surface area contributed by atoms with E-state index < -0.39 is 10.0 Å². The van der Waals surface area contributed by atoms with E-state index in [-0.39, 0.29) is 35.0 Å². The molecule has 1 saturated carbocycles. The number of morpholine rings is 1. The highest BCUT2D eigenvalue weighted by atomic mass is 32.2. The minimum absolute atomic E-state index is 0.0690. The van der Waals surface area contributed by atoms with Crippen molar-refractivity contribution in [3.8, 4) is 0 Å². The second-order valence-corrected chi connectivity index (χ2v) is 11.2. The Morgan fingerprint density at radius 2 is 1.90 bits per heavy atom. The van der Waals surface area contributed by atoms with Crippen molar-refractivity contribution < 1.29 is 22.7 Å². The van der Waals surface area contributed by atoms with Gasteiger partial charge in [0.05, 0.1) is 29.5 Å². The highest BCUT2D eigenvalue weighted by Gasteiger charge is 2.32. The topological polar surface area (TPSA) is 87.2 Å². The third-order valence-corrected chi connectivity index (χ3v) is 9.23. The average molecular weight is 468 g/mol. The van der Waals surface area contributed by atoms with Crippen LogP contribution in [0, 0.1) is 0 Å². The summed E-state index contributed by atoms with van der Waals surface area (Å²) in [6.45, 7) is 1.28. The summed E-state index contributed by atoms with van der Waals surface area (Å²) in [4.78, 5) is 29.9. The van der Waals surface area contributed by atoms with Gasteiger partial charge in [-0.25, -0.2) is 8.42 Å². The fourth-order valence-corrected chi connectivity index (χ4v) is 6.72. The van der Waals surface area contributed by atoms with Crippen molar-refractivity contribution in [1.29, 1.82) is 0 Å². The van der Waals surface area contributed by atoms with Gasteiger partial charge in [-0.1, -0.05) is 19.3 Å². The molecule has 10 heteroatoms. The van der Waals surface area contributed by atoms with Gasteiger partial charge in [0.1, 0.15) is 6.54 Å². The number of nitrogens with zero attached hydrogens (tertiary/aromatic N) is 3. The van der Waals surface area contributed by atoms with Gasteiger partial charge in [-0.3, -0.25) is 9.59 Å². The van der Waals surface area contributed by atoms with Crippen LogP contribution in [0.2, 0.25) is 0 Å². The third-order valence-electron chi connectivity index (χ3n) is 6.29. The SMILES string of the molecule is CN(C(=O)CN1C(=O)CSc2ccc(S(=O)(=O)N3CCOCC3)cc21)C1CCCCC1. The fraction of sp³-hybridized carbons (Fsp3) is 0.619. The highest BCUT2D eigenvalue weighted by molar-refractivity contribution is 8.00. The van der Waals surface area contributed by atoms with Gasteiger partial charge in [0.2, 0.25) is 21.8 Å². The Hall–Kier alpha value is -1.62. The molecule has 0 radical (unpaired) electrons. The Morgan fingerprint density at radius 3 is 2.61 bits per heavy atom. The Bertz CT molecular complexity index is 940. The molecule has 0 spiro atoms. The maximum absolute atomic E-state index is 13.1. The van der Waals surface area contributed by atoms with Gasteiger partial charge in [-0.15, -0.1) is 11.8 Å². The molecule has 2 heterocycles. The smallest absolute Gasteiger partial charge is 0.243 e. The number of benzene rings is 1. The zero-order valence-electron chi connectivity index (χ0n) is 17.8. The predicted molar refractivity (Wildman–Crippen MR) is 119 cm³/mol. The maximum atomic E-state index is 13.1. The van der Waals surface area contributed by atoms with Crippen LogP contribution in [0.3, 0.4) is 0 Å². The molecule has 2 fully saturated rings. The second-order valence-electron chi connectivity index (χ2n) is 8.21. The Balaban J connectivity index is 1.57. The van der Waals surface area contributed by atoms with Crippen molar-refractivity contribution in [2.75, 3.05) is 50.5 Å². The molecule has 1 aliphatic carbocycles. The Morgan fingerprint density at radius 1 is 1.19 bits per heavy atom. The van der Waals surface area contributed by atoms with E-state index in [0.717, 1.165) is 30.6 Å². The van der Waals surface area contributed by atoms with Crippen LogP contribution in [0.25, 0.3) is 0 Å². The number of carbonyl (C=O) groups excluding carboxylic acids is 2. The number of ether oxygens (including phenoxy) is 1. The van der Waals surface area contributed by atoms with Gasteiger partial charge in [0.15, 0.2) is 0 Å². The number of anilines is 1. The summed E-state index contributed by atoms with van der Waals surface area (Å²) in [7, 11) is -1.88. The minimum Gasteiger partial charge on any atom is -0.379 e. The molecule has 2 amide bonds. The number of amides is 2. The summed E-state index contributed by atoms with van der Waals surface area (Å²) in [6.07, 6.45) is 5.42. The summed E-state index contributed by atoms with van der Waals surface area (Å²) in [6, 6.07) is 5.07. The van der Waals surface area contributed by atoms with Crippen molar-refractivity contribution in [2.45, 2.75) is 47.9 Å². The third kappa shape index (κ3) is 4.76. The van der Waals surface area contributed by atoms with Gasteiger partial charge in [0, 0.05) is 31.1 Å². The van der Waals surface area contributed by atoms with E-state index >= 15 is 0 Å². The summed E-state index contributed by atoms with van der Waals surface area (Å²) in [5.41, 5.74) is 0.501. The van der Waals surface area contributed by atoms with E-state index in [9.17, 15) is 18.0 Å². The summed E-state index contributed by atoms with van der Waals surface area (Å²) in [5.74, 6) is -0.0495. The monoisotopic (exact) mass is 467 g/mol. The molecule has 31 heavy (non-hydrogen) atoms. The zero-order valence-corrected chi connectivity index (χ0v) is 19.4. The van der Waals surface area contributed by atoms with Crippen LogP contribution in [0.15, 0.2) is 28.0 Å². The highest BCUT2D eigenvalue weighted by Crippen LogP contribution is 2.37. The number of thioether (sulfide) groups is 1. The Kier molecular flexibility index (Phi) is 6.90. The second kappa shape index (κ2) is 9.48. The van der Waals surface area contributed by atoms with Crippen LogP contribution >= 0.6 is 11.8 Å². The van der Waals surface area contributed by atoms with E-state index in [1.165, 1.54) is 33.5 Å². The molecular weight excluding hydrogens is 438 g/mol. The standard InChI is InChI=1S/C21H29N3O5S2/c1-22(16-5-3-2-4-6-16)20(25)14-24-18-13-17(7-8-19(18)30-15-21(24)26)31(27,28)23-9-11-29-12-10-23/h7-8,13,16H,2-6,9-12,14-15H2,1H3. The number of hydrogen-bond donors (Lipinski definition) is 0. The van der Waals surface area contributed by atoms with Crippen LogP contribution in [-0.2, 0) is 24.3 Å². The van der Waals surface area contributed by atoms with E-state index in [2.05, 4.69) is 0 Å². The molecule has 2 aliphatic heterocycles. The Labute approximate surface area is 187 Å². The largest absolute Gasteiger partial charge is 0.379 e. The van der Waals surface area contributed by atoms with Crippen LogP contribution in [0.5, 0.6) is 0 Å². The van der Waals surface area contributed by atoms with E-state index in [0.29, 0.717) is 32.0 Å². The number of likely N-dealkylation sites (N-methyl/N-ethyl adjacent to an activating group) is 1. The molecule has 1 aromatic rings. The lowest BCUT2D eigenvalue weighted by molar-refractivity contribution is -0.132. The van der Waals surface area contributed by atoms with Crippen molar-refractivity contribution in [3.63, 3.8) is 0 Å². The summed E-state index contributed by atoms with van der Waals surface area (Å²) < 4.78 is 32.8. The van der Waals surface area contributed by atoms with Gasteiger partial charge < -0.3 is 14.5 Å². The van der Waals surface area contributed by atoms with Gasteiger partial charge in [0.25, 0.3) is 0 Å². The van der Waals surface area contributed by atoms with Crippen molar-refractivity contribution in [2.24, 2.45) is 0 Å². The molecule has 0 unspecified atom stereocenters. The summed E-state index contributed by atoms with van der Waals surface area (Å²) in [5, 5.41) is 0. The summed E-state index contributed by atoms with van der Waals surface area (Å²) >= 11 is 1.37. The van der Waals surface area contributed by atoms with Gasteiger partial charge in [-0.05, 0) is 31.0 Å². The molecule has 0 bridgehead atoms. The first kappa shape index (κ1) is 22.6. The lowest BCUT2D eigenvalue weighted by Crippen LogP contribution is -2.47. The molecule has 170 valence electrons. The molecule has 1 saturated heterocycles. The van der Waals surface area contributed by atoms with Crippen molar-refractivity contribution >= 4 is 39.3 Å².